The van der Waals surface area contributed by atoms with Crippen molar-refractivity contribution >= 4 is 35.7 Å². The first kappa shape index (κ1) is 27.2. The van der Waals surface area contributed by atoms with Crippen molar-refractivity contribution in [2.24, 2.45) is 4.99 Å². The molecule has 9 heteroatoms. The van der Waals surface area contributed by atoms with Crippen LogP contribution < -0.4 is 4.90 Å². The van der Waals surface area contributed by atoms with Gasteiger partial charge in [0.15, 0.2) is 5.82 Å². The van der Waals surface area contributed by atoms with Gasteiger partial charge in [-0.25, -0.2) is 13.8 Å². The normalized spacial score (nSPS) is 18.2. The molecule has 1 aliphatic carbocycles. The third-order valence-corrected chi connectivity index (χ3v) is 7.12. The molecule has 1 aromatic carbocycles. The fraction of sp³-hybridized carbons (Fsp3) is 0.379. The van der Waals surface area contributed by atoms with Gasteiger partial charge in [-0.2, -0.15) is 0 Å². The summed E-state index contributed by atoms with van der Waals surface area (Å²) in [5.41, 5.74) is 2.67. The quantitative estimate of drug-likeness (QED) is 0.294. The maximum absolute atomic E-state index is 15.7. The summed E-state index contributed by atoms with van der Waals surface area (Å²) in [6, 6.07) is 6.94. The Kier molecular flexibility index (Phi) is 8.34. The van der Waals surface area contributed by atoms with Gasteiger partial charge in [0.1, 0.15) is 23.2 Å². The van der Waals surface area contributed by atoms with E-state index in [-0.39, 0.29) is 23.1 Å². The van der Waals surface area contributed by atoms with Crippen LogP contribution in [-0.4, -0.2) is 66.2 Å². The molecule has 0 bridgehead atoms. The predicted molar refractivity (Wildman–Crippen MR) is 146 cm³/mol. The van der Waals surface area contributed by atoms with E-state index in [1.807, 2.05) is 43.9 Å². The first-order valence-electron chi connectivity index (χ1n) is 12.9. The first-order valence-corrected chi connectivity index (χ1v) is 12.9. The summed E-state index contributed by atoms with van der Waals surface area (Å²) in [5.74, 6) is -0.618. The molecule has 0 N–H and O–H groups in total. The third kappa shape index (κ3) is 5.10. The van der Waals surface area contributed by atoms with E-state index in [2.05, 4.69) is 9.98 Å². The maximum atomic E-state index is 15.7. The number of rotatable bonds is 7. The number of pyridine rings is 1. The number of amidine groups is 1. The third-order valence-electron chi connectivity index (χ3n) is 7.12. The van der Waals surface area contributed by atoms with Crippen molar-refractivity contribution in [2.45, 2.75) is 46.1 Å². The molecule has 2 amide bonds. The van der Waals surface area contributed by atoms with Gasteiger partial charge in [0.2, 0.25) is 12.8 Å². The van der Waals surface area contributed by atoms with E-state index in [9.17, 15) is 14.0 Å². The Morgan fingerprint density at radius 2 is 1.97 bits per heavy atom. The number of benzene rings is 1. The molecule has 1 atom stereocenters. The number of aliphatic imine (C=N–C) groups is 1. The van der Waals surface area contributed by atoms with E-state index < -0.39 is 11.6 Å². The minimum absolute atomic E-state index is 0.0795. The van der Waals surface area contributed by atoms with Crippen molar-refractivity contribution < 1.29 is 18.4 Å². The monoisotopic (exact) mass is 521 g/mol. The van der Waals surface area contributed by atoms with Gasteiger partial charge in [0.25, 0.3) is 0 Å². The number of halogens is 2. The topological polar surface area (TPSA) is 69.1 Å². The van der Waals surface area contributed by atoms with Gasteiger partial charge in [-0.15, -0.1) is 0 Å². The van der Waals surface area contributed by atoms with Crippen molar-refractivity contribution in [2.75, 3.05) is 31.6 Å². The molecule has 1 aliphatic heterocycles. The predicted octanol–water partition coefficient (Wildman–Crippen LogP) is 4.96. The van der Waals surface area contributed by atoms with Crippen LogP contribution >= 0.6 is 0 Å². The largest absolute Gasteiger partial charge is 0.350 e. The Labute approximate surface area is 222 Å². The number of anilines is 2. The highest BCUT2D eigenvalue weighted by Gasteiger charge is 2.31. The first-order chi connectivity index (χ1) is 18.3. The molecule has 38 heavy (non-hydrogen) atoms. The zero-order valence-corrected chi connectivity index (χ0v) is 22.2. The van der Waals surface area contributed by atoms with Crippen molar-refractivity contribution in [1.82, 2.24) is 14.8 Å². The average molecular weight is 522 g/mol. The maximum Gasteiger partial charge on any atom is 0.219 e. The summed E-state index contributed by atoms with van der Waals surface area (Å²) in [4.78, 5) is 38.3. The number of para-hydroxylation sites is 1. The van der Waals surface area contributed by atoms with Crippen molar-refractivity contribution in [3.05, 3.63) is 70.4 Å². The number of carbonyl (C=O) groups is 2. The van der Waals surface area contributed by atoms with Crippen molar-refractivity contribution in [3.8, 4) is 0 Å². The second kappa shape index (κ2) is 11.7. The van der Waals surface area contributed by atoms with Gasteiger partial charge >= 0.3 is 0 Å². The second-order valence-corrected chi connectivity index (χ2v) is 9.54. The van der Waals surface area contributed by atoms with Crippen LogP contribution in [0.4, 0.5) is 20.3 Å². The van der Waals surface area contributed by atoms with Gasteiger partial charge in [-0.3, -0.25) is 19.5 Å². The molecule has 2 aromatic rings. The number of nitrogens with zero attached hydrogens (tertiary/aromatic N) is 5. The van der Waals surface area contributed by atoms with Crippen molar-refractivity contribution in [1.29, 1.82) is 0 Å². The van der Waals surface area contributed by atoms with E-state index in [0.29, 0.717) is 62.4 Å². The summed E-state index contributed by atoms with van der Waals surface area (Å²) in [7, 11) is 1.60. The smallest absolute Gasteiger partial charge is 0.219 e. The zero-order valence-electron chi connectivity index (χ0n) is 22.2. The lowest BCUT2D eigenvalue weighted by Gasteiger charge is -2.40. The highest BCUT2D eigenvalue weighted by molar-refractivity contribution is 6.06. The van der Waals surface area contributed by atoms with E-state index in [4.69, 9.17) is 0 Å². The SMILES string of the molecule is CCc1cccc(C)c1N(C=O)c1nc(C2=CCCC=C2F)c(F)cc1/C(=N\C)N1CCN(C=O)CC1C. The van der Waals surface area contributed by atoms with Crippen LogP contribution in [0.1, 0.15) is 49.1 Å². The Morgan fingerprint density at radius 3 is 2.61 bits per heavy atom. The minimum atomic E-state index is -0.702. The summed E-state index contributed by atoms with van der Waals surface area (Å²) in [6.07, 6.45) is 6.29. The lowest BCUT2D eigenvalue weighted by atomic mass is 10.00. The molecular formula is C29H33F2N5O2. The summed E-state index contributed by atoms with van der Waals surface area (Å²) in [5, 5.41) is 0. The Balaban J connectivity index is 1.95. The molecule has 1 saturated heterocycles. The fourth-order valence-electron chi connectivity index (χ4n) is 5.23. The molecule has 4 rings (SSSR count). The summed E-state index contributed by atoms with van der Waals surface area (Å²) in [6.45, 7) is 7.28. The number of hydrogen-bond donors (Lipinski definition) is 0. The second-order valence-electron chi connectivity index (χ2n) is 9.54. The molecule has 200 valence electrons. The molecule has 1 aromatic heterocycles. The Bertz CT molecular complexity index is 1320. The van der Waals surface area contributed by atoms with Gasteiger partial charge in [0, 0.05) is 38.3 Å². The lowest BCUT2D eigenvalue weighted by Crippen LogP contribution is -2.54. The van der Waals surface area contributed by atoms with Gasteiger partial charge in [-0.1, -0.05) is 31.2 Å². The summed E-state index contributed by atoms with van der Waals surface area (Å²) >= 11 is 0. The van der Waals surface area contributed by atoms with Crippen LogP contribution in [0.15, 0.2) is 47.2 Å². The van der Waals surface area contributed by atoms with Crippen LogP contribution in [0.2, 0.25) is 0 Å². The highest BCUT2D eigenvalue weighted by Crippen LogP contribution is 2.37. The van der Waals surface area contributed by atoms with Gasteiger partial charge in [0.05, 0.1) is 11.3 Å². The number of carbonyl (C=O) groups excluding carboxylic acids is 2. The molecular weight excluding hydrogens is 488 g/mol. The molecule has 1 unspecified atom stereocenters. The van der Waals surface area contributed by atoms with Gasteiger partial charge < -0.3 is 9.80 Å². The Hall–Kier alpha value is -3.88. The van der Waals surface area contributed by atoms with Crippen LogP contribution in [0.3, 0.4) is 0 Å². The van der Waals surface area contributed by atoms with Gasteiger partial charge in [-0.05, 0) is 56.4 Å². The van der Waals surface area contributed by atoms with Crippen LogP contribution in [0.25, 0.3) is 5.57 Å². The number of hydrogen-bond acceptors (Lipinski definition) is 4. The molecule has 0 saturated carbocycles. The molecule has 7 nitrogen and oxygen atoms in total. The average Bonchev–Trinajstić information content (AvgIpc) is 2.92. The molecule has 2 aliphatic rings. The number of piperazine rings is 1. The van der Waals surface area contributed by atoms with Crippen LogP contribution in [0.5, 0.6) is 0 Å². The lowest BCUT2D eigenvalue weighted by molar-refractivity contribution is -0.120. The highest BCUT2D eigenvalue weighted by atomic mass is 19.1. The molecule has 0 radical (unpaired) electrons. The van der Waals surface area contributed by atoms with Crippen LogP contribution in [-0.2, 0) is 16.0 Å². The van der Waals surface area contributed by atoms with Crippen LogP contribution in [0, 0.1) is 12.7 Å². The van der Waals surface area contributed by atoms with E-state index in [0.717, 1.165) is 17.5 Å². The number of aromatic nitrogens is 1. The van der Waals surface area contributed by atoms with E-state index in [1.54, 1.807) is 18.0 Å². The molecule has 1 fully saturated rings. The van der Waals surface area contributed by atoms with E-state index >= 15 is 4.39 Å². The standard InChI is InChI=1S/C29H33F2N5O2/c1-5-21-10-8-9-19(2)27(21)36(18-38)29-23(28(32-4)35-14-13-34(17-37)16-20(35)3)15-25(31)26(33-29)22-11-6-7-12-24(22)30/h8-12,15,17-18,20H,5-7,13-14,16H2,1-4H3/b32-28+. The Morgan fingerprint density at radius 1 is 1.21 bits per heavy atom. The zero-order chi connectivity index (χ0) is 27.4. The fourth-order valence-corrected chi connectivity index (χ4v) is 5.23. The van der Waals surface area contributed by atoms with E-state index in [1.165, 1.54) is 17.0 Å². The molecule has 0 spiro atoms. The molecule has 2 heterocycles. The number of aryl methyl sites for hydroxylation is 2. The number of allylic oxidation sites excluding steroid dienone is 4. The summed E-state index contributed by atoms with van der Waals surface area (Å²) < 4.78 is 30.5. The van der Waals surface area contributed by atoms with Crippen molar-refractivity contribution in [3.63, 3.8) is 0 Å². The number of amides is 2. The minimum Gasteiger partial charge on any atom is -0.350 e.